The van der Waals surface area contributed by atoms with Gasteiger partial charge in [0, 0.05) is 26.1 Å². The van der Waals surface area contributed by atoms with E-state index in [4.69, 9.17) is 11.6 Å². The summed E-state index contributed by atoms with van der Waals surface area (Å²) in [5, 5.41) is 12.6. The molecule has 8 nitrogen and oxygen atoms in total. The number of aromatic amines is 1. The number of anilines is 1. The highest BCUT2D eigenvalue weighted by molar-refractivity contribution is 9.10. The normalized spacial score (nSPS) is 16.8. The molecule has 1 atom stereocenters. The van der Waals surface area contributed by atoms with Crippen LogP contribution in [-0.4, -0.2) is 52.0 Å². The molecule has 154 valence electrons. The van der Waals surface area contributed by atoms with Gasteiger partial charge in [-0.2, -0.15) is 5.10 Å². The summed E-state index contributed by atoms with van der Waals surface area (Å²) in [5.41, 5.74) is 0.433. The summed E-state index contributed by atoms with van der Waals surface area (Å²) < 4.78 is 0.340. The van der Waals surface area contributed by atoms with Crippen LogP contribution in [0.25, 0.3) is 0 Å². The lowest BCUT2D eigenvalue weighted by Crippen LogP contribution is -2.44. The number of likely N-dealkylation sites (tertiary alicyclic amines) is 1. The van der Waals surface area contributed by atoms with E-state index in [2.05, 4.69) is 36.8 Å². The second-order valence-corrected chi connectivity index (χ2v) is 8.03. The standard InChI is InChI=1S/C19H21BrClN5O3/c1-11(27)26-9-5-4-6-12(10-26)22-19(29)16-15(20)17(25-24-16)23-18(28)13-7-2-3-8-14(13)21/h2-3,7-8,12H,4-6,9-10H2,1H3,(H,22,29)(H2,23,24,25,28)/t12-/m1/s1. The van der Waals surface area contributed by atoms with Crippen molar-refractivity contribution >= 4 is 51.1 Å². The first-order valence-corrected chi connectivity index (χ1v) is 10.4. The monoisotopic (exact) mass is 481 g/mol. The molecule has 1 aliphatic heterocycles. The fraction of sp³-hybridized carbons (Fsp3) is 0.368. The van der Waals surface area contributed by atoms with Gasteiger partial charge in [-0.3, -0.25) is 19.5 Å². The van der Waals surface area contributed by atoms with E-state index in [-0.39, 0.29) is 29.4 Å². The molecule has 2 aromatic rings. The van der Waals surface area contributed by atoms with Crippen LogP contribution in [0.5, 0.6) is 0 Å². The molecule has 0 bridgehead atoms. The average Bonchev–Trinajstić information content (AvgIpc) is 2.89. The molecular formula is C19H21BrClN5O3. The number of carbonyl (C=O) groups is 3. The van der Waals surface area contributed by atoms with Crippen molar-refractivity contribution in [3.8, 4) is 0 Å². The third kappa shape index (κ3) is 5.16. The quantitative estimate of drug-likeness (QED) is 0.622. The van der Waals surface area contributed by atoms with Crippen molar-refractivity contribution < 1.29 is 14.4 Å². The first kappa shape index (κ1) is 21.3. The van der Waals surface area contributed by atoms with Crippen molar-refractivity contribution in [3.63, 3.8) is 0 Å². The molecule has 0 radical (unpaired) electrons. The van der Waals surface area contributed by atoms with Gasteiger partial charge in [-0.1, -0.05) is 23.7 Å². The van der Waals surface area contributed by atoms with E-state index in [0.29, 0.717) is 28.1 Å². The minimum absolute atomic E-state index is 0.00308. The first-order valence-electron chi connectivity index (χ1n) is 9.23. The molecule has 1 aliphatic rings. The Morgan fingerprint density at radius 3 is 2.72 bits per heavy atom. The Morgan fingerprint density at radius 1 is 1.24 bits per heavy atom. The summed E-state index contributed by atoms with van der Waals surface area (Å²) in [4.78, 5) is 38.5. The zero-order valence-electron chi connectivity index (χ0n) is 15.8. The van der Waals surface area contributed by atoms with Crippen LogP contribution in [-0.2, 0) is 4.79 Å². The SMILES string of the molecule is CC(=O)N1CCCC[C@@H](NC(=O)c2n[nH]c(NC(=O)c3ccccc3Cl)c2Br)C1. The maximum absolute atomic E-state index is 12.7. The van der Waals surface area contributed by atoms with Crippen molar-refractivity contribution in [1.82, 2.24) is 20.4 Å². The fourth-order valence-corrected chi connectivity index (χ4v) is 3.87. The number of nitrogens with one attached hydrogen (secondary N) is 3. The van der Waals surface area contributed by atoms with Gasteiger partial charge < -0.3 is 15.5 Å². The van der Waals surface area contributed by atoms with Crippen LogP contribution in [0.2, 0.25) is 5.02 Å². The number of H-pyrrole nitrogens is 1. The van der Waals surface area contributed by atoms with E-state index in [0.717, 1.165) is 19.3 Å². The van der Waals surface area contributed by atoms with Crippen molar-refractivity contribution in [2.75, 3.05) is 18.4 Å². The van der Waals surface area contributed by atoms with E-state index >= 15 is 0 Å². The van der Waals surface area contributed by atoms with Crippen molar-refractivity contribution in [1.29, 1.82) is 0 Å². The molecule has 3 N–H and O–H groups in total. The van der Waals surface area contributed by atoms with Crippen LogP contribution in [0.4, 0.5) is 5.82 Å². The molecule has 1 saturated heterocycles. The highest BCUT2D eigenvalue weighted by Gasteiger charge is 2.25. The predicted octanol–water partition coefficient (Wildman–Crippen LogP) is 3.21. The maximum atomic E-state index is 12.7. The molecule has 1 aromatic carbocycles. The van der Waals surface area contributed by atoms with Crippen LogP contribution in [0.15, 0.2) is 28.7 Å². The molecule has 0 saturated carbocycles. The Hall–Kier alpha value is -2.39. The van der Waals surface area contributed by atoms with Gasteiger partial charge >= 0.3 is 0 Å². The summed E-state index contributed by atoms with van der Waals surface area (Å²) >= 11 is 9.37. The lowest BCUT2D eigenvalue weighted by atomic mass is 10.1. The number of hydrogen-bond donors (Lipinski definition) is 3. The first-order chi connectivity index (χ1) is 13.9. The summed E-state index contributed by atoms with van der Waals surface area (Å²) in [6.07, 6.45) is 2.62. The third-order valence-electron chi connectivity index (χ3n) is 4.73. The highest BCUT2D eigenvalue weighted by atomic mass is 79.9. The van der Waals surface area contributed by atoms with Gasteiger partial charge in [0.05, 0.1) is 15.1 Å². The number of amides is 3. The van der Waals surface area contributed by atoms with Crippen LogP contribution < -0.4 is 10.6 Å². The van der Waals surface area contributed by atoms with Crippen LogP contribution in [0.1, 0.15) is 47.0 Å². The molecular weight excluding hydrogens is 462 g/mol. The number of benzene rings is 1. The molecule has 0 unspecified atom stereocenters. The summed E-state index contributed by atoms with van der Waals surface area (Å²) in [5.74, 6) is -0.558. The molecule has 3 amide bonds. The Labute approximate surface area is 181 Å². The van der Waals surface area contributed by atoms with Crippen LogP contribution >= 0.6 is 27.5 Å². The van der Waals surface area contributed by atoms with Crippen molar-refractivity contribution in [2.45, 2.75) is 32.2 Å². The molecule has 3 rings (SSSR count). The smallest absolute Gasteiger partial charge is 0.273 e. The van der Waals surface area contributed by atoms with E-state index in [1.54, 1.807) is 29.2 Å². The summed E-state index contributed by atoms with van der Waals surface area (Å²) in [6, 6.07) is 6.50. The second kappa shape index (κ2) is 9.41. The van der Waals surface area contributed by atoms with E-state index in [9.17, 15) is 14.4 Å². The van der Waals surface area contributed by atoms with E-state index in [1.807, 2.05) is 0 Å². The number of nitrogens with zero attached hydrogens (tertiary/aromatic N) is 2. The Bertz CT molecular complexity index is 932. The largest absolute Gasteiger partial charge is 0.346 e. The third-order valence-corrected chi connectivity index (χ3v) is 5.83. The molecule has 2 heterocycles. The Morgan fingerprint density at radius 2 is 2.00 bits per heavy atom. The number of halogens is 2. The van der Waals surface area contributed by atoms with Crippen LogP contribution in [0.3, 0.4) is 0 Å². The van der Waals surface area contributed by atoms with Gasteiger partial charge in [-0.15, -0.1) is 0 Å². The number of aromatic nitrogens is 2. The molecule has 1 fully saturated rings. The summed E-state index contributed by atoms with van der Waals surface area (Å²) in [6.45, 7) is 2.70. The van der Waals surface area contributed by atoms with E-state index in [1.165, 1.54) is 6.92 Å². The molecule has 0 spiro atoms. The lowest BCUT2D eigenvalue weighted by Gasteiger charge is -2.23. The molecule has 29 heavy (non-hydrogen) atoms. The topological polar surface area (TPSA) is 107 Å². The van der Waals surface area contributed by atoms with Gasteiger partial charge in [0.15, 0.2) is 5.69 Å². The van der Waals surface area contributed by atoms with Crippen molar-refractivity contribution in [3.05, 3.63) is 45.0 Å². The minimum Gasteiger partial charge on any atom is -0.346 e. The molecule has 1 aromatic heterocycles. The van der Waals surface area contributed by atoms with Crippen LogP contribution in [0, 0.1) is 0 Å². The highest BCUT2D eigenvalue weighted by Crippen LogP contribution is 2.25. The van der Waals surface area contributed by atoms with E-state index < -0.39 is 5.91 Å². The minimum atomic E-state index is -0.423. The molecule has 10 heteroatoms. The maximum Gasteiger partial charge on any atom is 0.273 e. The summed E-state index contributed by atoms with van der Waals surface area (Å²) in [7, 11) is 0. The zero-order chi connectivity index (χ0) is 21.0. The Balaban J connectivity index is 1.68. The zero-order valence-corrected chi connectivity index (χ0v) is 18.1. The predicted molar refractivity (Wildman–Crippen MR) is 113 cm³/mol. The average molecular weight is 483 g/mol. The number of rotatable bonds is 4. The van der Waals surface area contributed by atoms with Gasteiger partial charge in [0.2, 0.25) is 5.91 Å². The lowest BCUT2D eigenvalue weighted by molar-refractivity contribution is -0.129. The van der Waals surface area contributed by atoms with Crippen molar-refractivity contribution in [2.24, 2.45) is 0 Å². The number of hydrogen-bond acceptors (Lipinski definition) is 4. The van der Waals surface area contributed by atoms with Gasteiger partial charge in [-0.25, -0.2) is 0 Å². The van der Waals surface area contributed by atoms with Gasteiger partial charge in [0.1, 0.15) is 5.82 Å². The second-order valence-electron chi connectivity index (χ2n) is 6.83. The fourth-order valence-electron chi connectivity index (χ4n) is 3.19. The Kier molecular flexibility index (Phi) is 6.92. The van der Waals surface area contributed by atoms with Gasteiger partial charge in [0.25, 0.3) is 11.8 Å². The van der Waals surface area contributed by atoms with Gasteiger partial charge in [-0.05, 0) is 47.3 Å². The number of carbonyl (C=O) groups excluding carboxylic acids is 3. The molecule has 0 aliphatic carbocycles.